The van der Waals surface area contributed by atoms with Crippen molar-refractivity contribution >= 4 is 16.8 Å². The van der Waals surface area contributed by atoms with Crippen LogP contribution < -0.4 is 5.56 Å². The van der Waals surface area contributed by atoms with Crippen molar-refractivity contribution in [3.8, 4) is 0 Å². The predicted octanol–water partition coefficient (Wildman–Crippen LogP) is 1.19. The molecule has 0 N–H and O–H groups in total. The van der Waals surface area contributed by atoms with E-state index in [1.165, 1.54) is 6.20 Å². The van der Waals surface area contributed by atoms with Gasteiger partial charge in [0.2, 0.25) is 0 Å². The smallest absolute Gasteiger partial charge is 0.274 e. The molecule has 0 saturated carbocycles. The Morgan fingerprint density at radius 2 is 1.92 bits per heavy atom. The monoisotopic (exact) mass is 335 g/mol. The van der Waals surface area contributed by atoms with Gasteiger partial charge in [0.1, 0.15) is 11.5 Å². The van der Waals surface area contributed by atoms with Crippen molar-refractivity contribution in [3.63, 3.8) is 0 Å². The first kappa shape index (κ1) is 15.4. The van der Waals surface area contributed by atoms with Gasteiger partial charge in [-0.25, -0.2) is 9.97 Å². The zero-order valence-corrected chi connectivity index (χ0v) is 13.8. The van der Waals surface area contributed by atoms with Gasteiger partial charge in [0.05, 0.1) is 22.8 Å². The second kappa shape index (κ2) is 6.08. The molecular weight excluding hydrogens is 318 g/mol. The number of carbonyl (C=O) groups is 1. The minimum Gasteiger partial charge on any atom is -0.335 e. The normalized spacial score (nSPS) is 14.2. The summed E-state index contributed by atoms with van der Waals surface area (Å²) in [4.78, 5) is 40.0. The van der Waals surface area contributed by atoms with Gasteiger partial charge in [0.15, 0.2) is 0 Å². The summed E-state index contributed by atoms with van der Waals surface area (Å²) >= 11 is 0. The zero-order chi connectivity index (χ0) is 17.4. The highest BCUT2D eigenvalue weighted by atomic mass is 16.2. The number of aromatic nitrogens is 4. The number of para-hydroxylation sites is 1. The van der Waals surface area contributed by atoms with Crippen LogP contribution in [0.2, 0.25) is 0 Å². The van der Waals surface area contributed by atoms with Crippen molar-refractivity contribution in [1.29, 1.82) is 0 Å². The Hall–Kier alpha value is -3.09. The highest BCUT2D eigenvalue weighted by Gasteiger charge is 2.22. The molecule has 3 aromatic rings. The first-order valence-electron chi connectivity index (χ1n) is 8.20. The van der Waals surface area contributed by atoms with Crippen LogP contribution in [0, 0.1) is 6.92 Å². The molecule has 0 spiro atoms. The Bertz CT molecular complexity index is 1010. The molecule has 3 heterocycles. The van der Waals surface area contributed by atoms with Crippen molar-refractivity contribution in [1.82, 2.24) is 24.4 Å². The molecule has 0 unspecified atom stereocenters. The number of hydrogen-bond donors (Lipinski definition) is 0. The molecule has 2 aromatic heterocycles. The molecule has 1 amide bonds. The van der Waals surface area contributed by atoms with Crippen LogP contribution in [0.1, 0.15) is 22.0 Å². The summed E-state index contributed by atoms with van der Waals surface area (Å²) in [6, 6.07) is 7.33. The van der Waals surface area contributed by atoms with Gasteiger partial charge in [-0.05, 0) is 19.1 Å². The second-order valence-corrected chi connectivity index (χ2v) is 6.09. The van der Waals surface area contributed by atoms with Gasteiger partial charge < -0.3 is 4.90 Å². The Kier molecular flexibility index (Phi) is 3.76. The van der Waals surface area contributed by atoms with Gasteiger partial charge in [-0.15, -0.1) is 0 Å². The van der Waals surface area contributed by atoms with Crippen molar-refractivity contribution < 1.29 is 4.79 Å². The van der Waals surface area contributed by atoms with Crippen LogP contribution >= 0.6 is 0 Å². The van der Waals surface area contributed by atoms with E-state index in [1.54, 1.807) is 21.7 Å². The summed E-state index contributed by atoms with van der Waals surface area (Å²) in [5.74, 6) is 0.548. The molecule has 4 rings (SSSR count). The Labute approximate surface area is 144 Å². The standard InChI is InChI=1S/C18H17N5O2/c1-12-10-20-15(11-19-12)18(25)22-7-6-16-21-14-5-3-2-4-13(14)17(24)23(16)9-8-22/h2-5,10-11H,6-9H2,1H3. The van der Waals surface area contributed by atoms with Crippen molar-refractivity contribution in [2.24, 2.45) is 0 Å². The summed E-state index contributed by atoms with van der Waals surface area (Å²) in [5, 5.41) is 0.607. The van der Waals surface area contributed by atoms with Crippen molar-refractivity contribution in [3.05, 3.63) is 64.2 Å². The number of rotatable bonds is 1. The third-order valence-electron chi connectivity index (χ3n) is 4.43. The minimum atomic E-state index is -0.169. The fourth-order valence-corrected chi connectivity index (χ4v) is 3.07. The summed E-state index contributed by atoms with van der Waals surface area (Å²) in [6.07, 6.45) is 3.61. The van der Waals surface area contributed by atoms with Crippen LogP contribution in [0.25, 0.3) is 10.9 Å². The van der Waals surface area contributed by atoms with Gasteiger partial charge in [-0.1, -0.05) is 12.1 Å². The van der Waals surface area contributed by atoms with E-state index >= 15 is 0 Å². The summed E-state index contributed by atoms with van der Waals surface area (Å²) in [7, 11) is 0. The number of amides is 1. The average molecular weight is 335 g/mol. The largest absolute Gasteiger partial charge is 0.335 e. The molecule has 7 heteroatoms. The van der Waals surface area contributed by atoms with Gasteiger partial charge >= 0.3 is 0 Å². The third kappa shape index (κ3) is 2.77. The third-order valence-corrected chi connectivity index (χ3v) is 4.43. The highest BCUT2D eigenvalue weighted by molar-refractivity contribution is 5.92. The van der Waals surface area contributed by atoms with E-state index in [2.05, 4.69) is 15.0 Å². The van der Waals surface area contributed by atoms with E-state index in [0.29, 0.717) is 48.5 Å². The van der Waals surface area contributed by atoms with Crippen molar-refractivity contribution in [2.75, 3.05) is 13.1 Å². The summed E-state index contributed by atoms with van der Waals surface area (Å²) in [5.41, 5.74) is 1.73. The lowest BCUT2D eigenvalue weighted by molar-refractivity contribution is 0.0752. The van der Waals surface area contributed by atoms with Crippen LogP contribution in [0.3, 0.4) is 0 Å². The molecule has 7 nitrogen and oxygen atoms in total. The Morgan fingerprint density at radius 3 is 2.72 bits per heavy atom. The fourth-order valence-electron chi connectivity index (χ4n) is 3.07. The number of hydrogen-bond acceptors (Lipinski definition) is 5. The molecule has 126 valence electrons. The number of nitrogens with zero attached hydrogens (tertiary/aromatic N) is 5. The fraction of sp³-hybridized carbons (Fsp3) is 0.278. The van der Waals surface area contributed by atoms with Crippen LogP contribution in [0.5, 0.6) is 0 Å². The van der Waals surface area contributed by atoms with Gasteiger partial charge in [0.25, 0.3) is 11.5 Å². The lowest BCUT2D eigenvalue weighted by Gasteiger charge is -2.19. The van der Waals surface area contributed by atoms with Gasteiger partial charge in [-0.3, -0.25) is 19.1 Å². The molecule has 0 bridgehead atoms. The van der Waals surface area contributed by atoms with Crippen LogP contribution in [0.4, 0.5) is 0 Å². The van der Waals surface area contributed by atoms with Crippen LogP contribution in [-0.2, 0) is 13.0 Å². The molecular formula is C18H17N5O2. The average Bonchev–Trinajstić information content (AvgIpc) is 2.85. The number of carbonyl (C=O) groups excluding carboxylic acids is 1. The molecule has 25 heavy (non-hydrogen) atoms. The van der Waals surface area contributed by atoms with E-state index in [1.807, 2.05) is 25.1 Å². The van der Waals surface area contributed by atoms with Crippen LogP contribution in [-0.4, -0.2) is 43.4 Å². The predicted molar refractivity (Wildman–Crippen MR) is 92.4 cm³/mol. The van der Waals surface area contributed by atoms with Crippen LogP contribution in [0.15, 0.2) is 41.5 Å². The van der Waals surface area contributed by atoms with E-state index in [0.717, 1.165) is 5.69 Å². The highest BCUT2D eigenvalue weighted by Crippen LogP contribution is 2.12. The molecule has 1 aromatic carbocycles. The first-order chi connectivity index (χ1) is 12.1. The van der Waals surface area contributed by atoms with Gasteiger partial charge in [0, 0.05) is 32.3 Å². The van der Waals surface area contributed by atoms with E-state index in [4.69, 9.17) is 0 Å². The van der Waals surface area contributed by atoms with Crippen molar-refractivity contribution in [2.45, 2.75) is 19.9 Å². The lowest BCUT2D eigenvalue weighted by atomic mass is 10.2. The Morgan fingerprint density at radius 1 is 1.08 bits per heavy atom. The molecule has 1 aliphatic rings. The number of aryl methyl sites for hydroxylation is 1. The second-order valence-electron chi connectivity index (χ2n) is 6.09. The maximum absolute atomic E-state index is 12.7. The summed E-state index contributed by atoms with van der Waals surface area (Å²) < 4.78 is 1.68. The first-order valence-corrected chi connectivity index (χ1v) is 8.20. The molecule has 0 radical (unpaired) electrons. The Balaban J connectivity index is 1.64. The van der Waals surface area contributed by atoms with Gasteiger partial charge in [-0.2, -0.15) is 0 Å². The number of fused-ring (bicyclic) bond motifs is 2. The maximum atomic E-state index is 12.7. The molecule has 0 atom stereocenters. The minimum absolute atomic E-state index is 0.0509. The van der Waals surface area contributed by atoms with E-state index < -0.39 is 0 Å². The van der Waals surface area contributed by atoms with E-state index in [9.17, 15) is 9.59 Å². The topological polar surface area (TPSA) is 81.0 Å². The molecule has 0 saturated heterocycles. The molecule has 1 aliphatic heterocycles. The molecule has 0 aliphatic carbocycles. The SMILES string of the molecule is Cc1cnc(C(=O)N2CCc3nc4ccccc4c(=O)n3CC2)cn1. The number of benzene rings is 1. The zero-order valence-electron chi connectivity index (χ0n) is 13.8. The maximum Gasteiger partial charge on any atom is 0.274 e. The van der Waals surface area contributed by atoms with E-state index in [-0.39, 0.29) is 11.5 Å². The molecule has 0 fully saturated rings. The lowest BCUT2D eigenvalue weighted by Crippen LogP contribution is -2.34. The quantitative estimate of drug-likeness (QED) is 0.667. The summed E-state index contributed by atoms with van der Waals surface area (Å²) in [6.45, 7) is 3.20.